The second-order valence-electron chi connectivity index (χ2n) is 11.4. The molecular formula is C36H29BN2S. The number of hydrogen-bond acceptors (Lipinski definition) is 3. The molecule has 0 fully saturated rings. The van der Waals surface area contributed by atoms with Gasteiger partial charge in [0.1, 0.15) is 0 Å². The second-order valence-corrected chi connectivity index (χ2v) is 12.4. The summed E-state index contributed by atoms with van der Waals surface area (Å²) in [6.07, 6.45) is 0. The molecule has 0 aliphatic carbocycles. The van der Waals surface area contributed by atoms with Gasteiger partial charge in [0, 0.05) is 43.3 Å². The highest BCUT2D eigenvalue weighted by Gasteiger charge is 2.45. The van der Waals surface area contributed by atoms with E-state index in [1.165, 1.54) is 82.2 Å². The zero-order chi connectivity index (χ0) is 27.1. The summed E-state index contributed by atoms with van der Waals surface area (Å²) in [7, 11) is 0. The average molecular weight is 533 g/mol. The van der Waals surface area contributed by atoms with Gasteiger partial charge >= 0.3 is 0 Å². The summed E-state index contributed by atoms with van der Waals surface area (Å²) in [4.78, 5) is 5.03. The van der Waals surface area contributed by atoms with E-state index >= 15 is 0 Å². The summed E-state index contributed by atoms with van der Waals surface area (Å²) < 4.78 is 2.76. The van der Waals surface area contributed by atoms with Gasteiger partial charge in [-0.3, -0.25) is 0 Å². The number of hydrogen-bond donors (Lipinski definition) is 0. The molecule has 8 rings (SSSR count). The van der Waals surface area contributed by atoms with E-state index in [1.807, 2.05) is 11.3 Å². The van der Waals surface area contributed by atoms with Gasteiger partial charge in [-0.2, -0.15) is 0 Å². The molecule has 0 unspecified atom stereocenters. The van der Waals surface area contributed by atoms with Crippen LogP contribution in [-0.2, 0) is 0 Å². The van der Waals surface area contributed by atoms with Crippen molar-refractivity contribution in [2.45, 2.75) is 27.7 Å². The minimum Gasteiger partial charge on any atom is -0.311 e. The zero-order valence-electron chi connectivity index (χ0n) is 23.2. The van der Waals surface area contributed by atoms with Crippen LogP contribution in [0.2, 0.25) is 0 Å². The summed E-state index contributed by atoms with van der Waals surface area (Å²) in [5, 5.41) is 1.33. The number of fused-ring (bicyclic) bond motifs is 6. The van der Waals surface area contributed by atoms with Crippen LogP contribution in [-0.4, -0.2) is 6.71 Å². The maximum atomic E-state index is 2.53. The second kappa shape index (κ2) is 8.61. The van der Waals surface area contributed by atoms with Crippen molar-refractivity contribution >= 4 is 78.0 Å². The molecule has 4 heteroatoms. The fourth-order valence-electron chi connectivity index (χ4n) is 6.61. The van der Waals surface area contributed by atoms with Crippen LogP contribution < -0.4 is 25.5 Å². The molecule has 2 nitrogen and oxygen atoms in total. The lowest BCUT2D eigenvalue weighted by molar-refractivity contribution is 1.24. The molecule has 0 radical (unpaired) electrons. The third kappa shape index (κ3) is 3.36. The SMILES string of the molecule is Cc1ccc(N2c3cc(C)ccc3B3c4sc5ccccc5c4N(c4ccc(C)cc4)c4cc(C)cc2c43)cc1. The van der Waals surface area contributed by atoms with Gasteiger partial charge in [-0.1, -0.05) is 65.7 Å². The minimum absolute atomic E-state index is 0.178. The Labute approximate surface area is 240 Å². The molecule has 0 saturated heterocycles. The van der Waals surface area contributed by atoms with Gasteiger partial charge < -0.3 is 9.80 Å². The van der Waals surface area contributed by atoms with Gasteiger partial charge in [-0.15, -0.1) is 11.3 Å². The molecule has 2 aliphatic rings. The van der Waals surface area contributed by atoms with Crippen molar-refractivity contribution in [3.8, 4) is 0 Å². The predicted molar refractivity (Wildman–Crippen MR) is 175 cm³/mol. The number of anilines is 6. The van der Waals surface area contributed by atoms with Crippen molar-refractivity contribution in [2.75, 3.05) is 9.80 Å². The van der Waals surface area contributed by atoms with Crippen molar-refractivity contribution in [1.82, 2.24) is 0 Å². The number of rotatable bonds is 2. The molecule has 5 aromatic carbocycles. The molecule has 0 amide bonds. The Morgan fingerprint density at radius 2 is 1.12 bits per heavy atom. The smallest absolute Gasteiger partial charge is 0.264 e. The van der Waals surface area contributed by atoms with E-state index in [9.17, 15) is 0 Å². The number of nitrogens with zero attached hydrogens (tertiary/aromatic N) is 2. The Hall–Kier alpha value is -4.28. The Kier molecular flexibility index (Phi) is 5.08. The van der Waals surface area contributed by atoms with Gasteiger partial charge in [-0.25, -0.2) is 0 Å². The van der Waals surface area contributed by atoms with Gasteiger partial charge in [0.25, 0.3) is 6.71 Å². The van der Waals surface area contributed by atoms with Crippen LogP contribution in [0.15, 0.2) is 103 Å². The van der Waals surface area contributed by atoms with Crippen LogP contribution in [0.3, 0.4) is 0 Å². The Morgan fingerprint density at radius 3 is 1.82 bits per heavy atom. The van der Waals surface area contributed by atoms with Crippen LogP contribution in [0.25, 0.3) is 10.1 Å². The molecule has 0 atom stereocenters. The Morgan fingerprint density at radius 1 is 0.550 bits per heavy atom. The summed E-state index contributed by atoms with van der Waals surface area (Å²) in [5.74, 6) is 0. The molecule has 0 spiro atoms. The van der Waals surface area contributed by atoms with E-state index in [4.69, 9.17) is 0 Å². The highest BCUT2D eigenvalue weighted by molar-refractivity contribution is 7.33. The van der Waals surface area contributed by atoms with Crippen LogP contribution in [0.5, 0.6) is 0 Å². The van der Waals surface area contributed by atoms with E-state index in [0.717, 1.165) is 0 Å². The van der Waals surface area contributed by atoms with E-state index < -0.39 is 0 Å². The summed E-state index contributed by atoms with van der Waals surface area (Å²) in [6.45, 7) is 8.94. The first-order chi connectivity index (χ1) is 19.5. The van der Waals surface area contributed by atoms with Crippen LogP contribution in [0.1, 0.15) is 22.3 Å². The maximum absolute atomic E-state index is 2.53. The fourth-order valence-corrected chi connectivity index (χ4v) is 7.92. The number of thiophene rings is 1. The van der Waals surface area contributed by atoms with Crippen molar-refractivity contribution < 1.29 is 0 Å². The number of benzene rings is 5. The van der Waals surface area contributed by atoms with Crippen molar-refractivity contribution in [3.63, 3.8) is 0 Å². The average Bonchev–Trinajstić information content (AvgIpc) is 3.33. The standard InChI is InChI=1S/C36H29BN2S/c1-22-9-14-26(15-10-22)38-30-19-24(3)13-18-29(30)37-34-31(38)20-25(4)21-32(34)39(27-16-11-23(2)12-17-27)35-28-7-5-6-8-33(28)40-36(35)37/h5-21H,1-4H3. The number of aryl methyl sites for hydroxylation is 4. The largest absolute Gasteiger partial charge is 0.311 e. The van der Waals surface area contributed by atoms with E-state index in [1.54, 1.807) is 0 Å². The molecule has 1 aromatic heterocycles. The first kappa shape index (κ1) is 23.6. The van der Waals surface area contributed by atoms with Crippen molar-refractivity contribution in [3.05, 3.63) is 125 Å². The predicted octanol–water partition coefficient (Wildman–Crippen LogP) is 8.22. The lowest BCUT2D eigenvalue weighted by Crippen LogP contribution is -2.60. The lowest BCUT2D eigenvalue weighted by atomic mass is 9.36. The summed E-state index contributed by atoms with van der Waals surface area (Å²) in [5.41, 5.74) is 15.4. The highest BCUT2D eigenvalue weighted by atomic mass is 32.1. The molecule has 0 N–H and O–H groups in total. The first-order valence-corrected chi connectivity index (χ1v) is 14.8. The Bertz CT molecular complexity index is 1950. The Balaban J connectivity index is 1.51. The molecular weight excluding hydrogens is 503 g/mol. The first-order valence-electron chi connectivity index (χ1n) is 14.0. The van der Waals surface area contributed by atoms with Gasteiger partial charge in [0.05, 0.1) is 5.69 Å². The fraction of sp³-hybridized carbons (Fsp3) is 0.111. The molecule has 6 aromatic rings. The van der Waals surface area contributed by atoms with E-state index in [2.05, 4.69) is 141 Å². The highest BCUT2D eigenvalue weighted by Crippen LogP contribution is 2.48. The monoisotopic (exact) mass is 532 g/mol. The molecule has 192 valence electrons. The zero-order valence-corrected chi connectivity index (χ0v) is 24.0. The summed E-state index contributed by atoms with van der Waals surface area (Å²) in [6, 6.07) is 38.7. The van der Waals surface area contributed by atoms with Crippen LogP contribution >= 0.6 is 11.3 Å². The topological polar surface area (TPSA) is 6.48 Å². The lowest BCUT2D eigenvalue weighted by Gasteiger charge is -2.43. The summed E-state index contributed by atoms with van der Waals surface area (Å²) >= 11 is 1.95. The molecule has 0 bridgehead atoms. The molecule has 3 heterocycles. The van der Waals surface area contributed by atoms with Crippen molar-refractivity contribution in [1.29, 1.82) is 0 Å². The molecule has 0 saturated carbocycles. The third-order valence-electron chi connectivity index (χ3n) is 8.45. The van der Waals surface area contributed by atoms with E-state index in [-0.39, 0.29) is 6.71 Å². The van der Waals surface area contributed by atoms with Gasteiger partial charge in [0.15, 0.2) is 0 Å². The van der Waals surface area contributed by atoms with Crippen molar-refractivity contribution in [2.24, 2.45) is 0 Å². The third-order valence-corrected chi connectivity index (χ3v) is 9.68. The molecule has 40 heavy (non-hydrogen) atoms. The van der Waals surface area contributed by atoms with Crippen LogP contribution in [0, 0.1) is 27.7 Å². The van der Waals surface area contributed by atoms with Crippen LogP contribution in [0.4, 0.5) is 34.1 Å². The van der Waals surface area contributed by atoms with E-state index in [0.29, 0.717) is 0 Å². The minimum atomic E-state index is 0.178. The van der Waals surface area contributed by atoms with Gasteiger partial charge in [0.2, 0.25) is 0 Å². The molecule has 2 aliphatic heterocycles. The van der Waals surface area contributed by atoms with Gasteiger partial charge in [-0.05, 0) is 98.3 Å². The normalized spacial score (nSPS) is 13.3. The quantitative estimate of drug-likeness (QED) is 0.207. The maximum Gasteiger partial charge on any atom is 0.264 e.